The number of hydrogen-bond donors (Lipinski definition) is 3. The summed E-state index contributed by atoms with van der Waals surface area (Å²) in [5, 5.41) is 23.2. The second-order valence-corrected chi connectivity index (χ2v) is 11.6. The lowest BCUT2D eigenvalue weighted by Gasteiger charge is -2.25. The average molecular weight is 477 g/mol. The van der Waals surface area contributed by atoms with Gasteiger partial charge in [-0.2, -0.15) is 0 Å². The second kappa shape index (κ2) is 9.82. The number of carbonyl (C=O) groups is 1. The predicted molar refractivity (Wildman–Crippen MR) is 124 cm³/mol. The number of thiazole rings is 1. The molecule has 2 aliphatic rings. The van der Waals surface area contributed by atoms with Crippen molar-refractivity contribution in [1.82, 2.24) is 4.98 Å². The SMILES string of the molecule is O=C(Nc1nc(C(O)CO)cs1)/C(=C/C1CCCC1)c1ccc(S(=O)(=O)C2CCC2)cc1. The van der Waals surface area contributed by atoms with Crippen LogP contribution in [0.3, 0.4) is 0 Å². The number of amides is 1. The molecule has 0 bridgehead atoms. The molecule has 4 rings (SSSR count). The molecule has 1 unspecified atom stereocenters. The number of hydrogen-bond acceptors (Lipinski definition) is 7. The number of rotatable bonds is 8. The van der Waals surface area contributed by atoms with Gasteiger partial charge < -0.3 is 10.2 Å². The number of aliphatic hydroxyl groups is 2. The molecular formula is C23H28N2O5S2. The first kappa shape index (κ1) is 23.1. The van der Waals surface area contributed by atoms with E-state index in [4.69, 9.17) is 5.11 Å². The van der Waals surface area contributed by atoms with Gasteiger partial charge in [0.2, 0.25) is 0 Å². The third-order valence-electron chi connectivity index (χ3n) is 6.29. The highest BCUT2D eigenvalue weighted by Crippen LogP contribution is 2.33. The summed E-state index contributed by atoms with van der Waals surface area (Å²) in [6.07, 6.45) is 7.56. The summed E-state index contributed by atoms with van der Waals surface area (Å²) in [5.74, 6) is -0.0249. The van der Waals surface area contributed by atoms with Crippen molar-refractivity contribution in [2.75, 3.05) is 11.9 Å². The zero-order chi connectivity index (χ0) is 22.7. The summed E-state index contributed by atoms with van der Waals surface area (Å²) in [7, 11) is -3.32. The Morgan fingerprint density at radius 3 is 2.44 bits per heavy atom. The van der Waals surface area contributed by atoms with Crippen LogP contribution < -0.4 is 5.32 Å². The van der Waals surface area contributed by atoms with Crippen molar-refractivity contribution < 1.29 is 23.4 Å². The van der Waals surface area contributed by atoms with Crippen molar-refractivity contribution in [3.05, 3.63) is 47.0 Å². The van der Waals surface area contributed by atoms with Gasteiger partial charge in [-0.05, 0) is 49.3 Å². The lowest BCUT2D eigenvalue weighted by molar-refractivity contribution is -0.111. The molecule has 0 saturated heterocycles. The summed E-state index contributed by atoms with van der Waals surface area (Å²) in [5.41, 5.74) is 1.46. The summed E-state index contributed by atoms with van der Waals surface area (Å²) >= 11 is 1.17. The van der Waals surface area contributed by atoms with E-state index < -0.39 is 22.5 Å². The number of anilines is 1. The highest BCUT2D eigenvalue weighted by Gasteiger charge is 2.32. The summed E-state index contributed by atoms with van der Waals surface area (Å²) in [6, 6.07) is 6.60. The van der Waals surface area contributed by atoms with Gasteiger partial charge in [0.05, 0.1) is 22.4 Å². The Kier molecular flexibility index (Phi) is 7.09. The average Bonchev–Trinajstić information content (AvgIpc) is 3.42. The summed E-state index contributed by atoms with van der Waals surface area (Å²) < 4.78 is 25.4. The van der Waals surface area contributed by atoms with E-state index in [1.807, 2.05) is 6.08 Å². The normalized spacial score (nSPS) is 19.0. The van der Waals surface area contributed by atoms with Crippen molar-refractivity contribution in [3.8, 4) is 0 Å². The van der Waals surface area contributed by atoms with Crippen LogP contribution in [0.25, 0.3) is 5.57 Å². The topological polar surface area (TPSA) is 117 Å². The maximum absolute atomic E-state index is 13.2. The number of sulfone groups is 1. The fourth-order valence-electron chi connectivity index (χ4n) is 4.12. The van der Waals surface area contributed by atoms with Crippen molar-refractivity contribution in [1.29, 1.82) is 0 Å². The van der Waals surface area contributed by atoms with E-state index in [0.717, 1.165) is 32.1 Å². The van der Waals surface area contributed by atoms with Gasteiger partial charge in [0.15, 0.2) is 15.0 Å². The van der Waals surface area contributed by atoms with Crippen molar-refractivity contribution in [3.63, 3.8) is 0 Å². The van der Waals surface area contributed by atoms with Crippen LogP contribution in [0.5, 0.6) is 0 Å². The van der Waals surface area contributed by atoms with E-state index in [2.05, 4.69) is 10.3 Å². The highest BCUT2D eigenvalue weighted by atomic mass is 32.2. The maximum Gasteiger partial charge on any atom is 0.257 e. The zero-order valence-corrected chi connectivity index (χ0v) is 19.4. The molecule has 9 heteroatoms. The molecule has 172 valence electrons. The van der Waals surface area contributed by atoms with Crippen LogP contribution in [0.2, 0.25) is 0 Å². The third-order valence-corrected chi connectivity index (χ3v) is 9.34. The first-order chi connectivity index (χ1) is 15.4. The molecule has 1 heterocycles. The van der Waals surface area contributed by atoms with Gasteiger partial charge in [0.25, 0.3) is 5.91 Å². The van der Waals surface area contributed by atoms with Gasteiger partial charge in [-0.15, -0.1) is 11.3 Å². The minimum absolute atomic E-state index is 0.293. The number of nitrogens with zero attached hydrogens (tertiary/aromatic N) is 1. The van der Waals surface area contributed by atoms with Crippen LogP contribution in [0.15, 0.2) is 40.6 Å². The van der Waals surface area contributed by atoms with E-state index in [1.165, 1.54) is 11.3 Å². The van der Waals surface area contributed by atoms with Crippen LogP contribution in [0, 0.1) is 5.92 Å². The van der Waals surface area contributed by atoms with Crippen LogP contribution in [0.1, 0.15) is 62.3 Å². The molecule has 1 amide bonds. The number of benzene rings is 1. The van der Waals surface area contributed by atoms with Crippen LogP contribution in [0.4, 0.5) is 5.13 Å². The quantitative estimate of drug-likeness (QED) is 0.500. The van der Waals surface area contributed by atoms with E-state index in [9.17, 15) is 18.3 Å². The lowest BCUT2D eigenvalue weighted by atomic mass is 9.98. The molecule has 0 spiro atoms. The van der Waals surface area contributed by atoms with Crippen LogP contribution in [-0.4, -0.2) is 41.4 Å². The molecule has 2 aliphatic carbocycles. The Morgan fingerprint density at radius 1 is 1.16 bits per heavy atom. The Hall–Kier alpha value is -2.07. The molecule has 1 aromatic heterocycles. The number of nitrogens with one attached hydrogen (secondary N) is 1. The molecule has 32 heavy (non-hydrogen) atoms. The molecule has 0 aliphatic heterocycles. The molecule has 1 atom stereocenters. The molecule has 3 N–H and O–H groups in total. The molecule has 2 aromatic rings. The van der Waals surface area contributed by atoms with Crippen molar-refractivity contribution in [2.24, 2.45) is 5.92 Å². The van der Waals surface area contributed by atoms with Crippen LogP contribution >= 0.6 is 11.3 Å². The smallest absolute Gasteiger partial charge is 0.257 e. The molecule has 1 aromatic carbocycles. The maximum atomic E-state index is 13.2. The fourth-order valence-corrected chi connectivity index (χ4v) is 6.72. The van der Waals surface area contributed by atoms with Crippen LogP contribution in [-0.2, 0) is 14.6 Å². The van der Waals surface area contributed by atoms with Gasteiger partial charge in [-0.3, -0.25) is 10.1 Å². The largest absolute Gasteiger partial charge is 0.393 e. The van der Waals surface area contributed by atoms with Gasteiger partial charge >= 0.3 is 0 Å². The predicted octanol–water partition coefficient (Wildman–Crippen LogP) is 3.71. The number of aromatic nitrogens is 1. The summed E-state index contributed by atoms with van der Waals surface area (Å²) in [6.45, 7) is -0.444. The minimum Gasteiger partial charge on any atom is -0.393 e. The Morgan fingerprint density at radius 2 is 1.84 bits per heavy atom. The Bertz CT molecular complexity index is 1080. The lowest BCUT2D eigenvalue weighted by Crippen LogP contribution is -2.28. The zero-order valence-electron chi connectivity index (χ0n) is 17.7. The van der Waals surface area contributed by atoms with Gasteiger partial charge in [0.1, 0.15) is 6.10 Å². The van der Waals surface area contributed by atoms with Crippen molar-refractivity contribution >= 4 is 37.8 Å². The number of carbonyl (C=O) groups excluding carboxylic acids is 1. The summed E-state index contributed by atoms with van der Waals surface area (Å²) in [4.78, 5) is 17.6. The van der Waals surface area contributed by atoms with Gasteiger partial charge in [-0.1, -0.05) is 37.5 Å². The van der Waals surface area contributed by atoms with E-state index in [-0.39, 0.29) is 11.2 Å². The molecule has 2 saturated carbocycles. The molecular weight excluding hydrogens is 448 g/mol. The monoisotopic (exact) mass is 476 g/mol. The Balaban J connectivity index is 1.58. The van der Waals surface area contributed by atoms with E-state index in [0.29, 0.717) is 45.6 Å². The highest BCUT2D eigenvalue weighted by molar-refractivity contribution is 7.92. The van der Waals surface area contributed by atoms with E-state index >= 15 is 0 Å². The third kappa shape index (κ3) is 4.96. The standard InChI is InChI=1S/C23H28N2O5S2/c26-13-21(27)20-14-31-23(24-20)25-22(28)19(12-15-4-1-2-5-15)16-8-10-18(11-9-16)32(29,30)17-6-3-7-17/h8-12,14-15,17,21,26-27H,1-7,13H2,(H,24,25,28)/b19-12+. The number of allylic oxidation sites excluding steroid dienone is 1. The van der Waals surface area contributed by atoms with E-state index in [1.54, 1.807) is 29.6 Å². The first-order valence-corrected chi connectivity index (χ1v) is 13.4. The molecule has 2 fully saturated rings. The Labute approximate surface area is 192 Å². The van der Waals surface area contributed by atoms with Gasteiger partial charge in [0, 0.05) is 11.0 Å². The van der Waals surface area contributed by atoms with Gasteiger partial charge in [-0.25, -0.2) is 13.4 Å². The molecule has 0 radical (unpaired) electrons. The second-order valence-electron chi connectivity index (χ2n) is 8.48. The molecule has 7 nitrogen and oxygen atoms in total. The minimum atomic E-state index is -3.32. The fraction of sp³-hybridized carbons (Fsp3) is 0.478. The first-order valence-electron chi connectivity index (χ1n) is 11.0. The number of aliphatic hydroxyl groups excluding tert-OH is 2. The van der Waals surface area contributed by atoms with Crippen molar-refractivity contribution in [2.45, 2.75) is 61.2 Å².